The number of benzene rings is 1. The molecule has 0 saturated carbocycles. The summed E-state index contributed by atoms with van der Waals surface area (Å²) < 4.78 is 5.30. The Labute approximate surface area is 125 Å². The van der Waals surface area contributed by atoms with E-state index in [0.717, 1.165) is 11.3 Å². The average molecular weight is 298 g/mol. The van der Waals surface area contributed by atoms with Crippen molar-refractivity contribution in [2.75, 3.05) is 0 Å². The summed E-state index contributed by atoms with van der Waals surface area (Å²) in [5.41, 5.74) is 1.00. The van der Waals surface area contributed by atoms with Gasteiger partial charge < -0.3 is 9.73 Å². The molecule has 0 spiro atoms. The van der Waals surface area contributed by atoms with Gasteiger partial charge >= 0.3 is 5.69 Å². The van der Waals surface area contributed by atoms with Crippen LogP contribution in [0.25, 0.3) is 11.3 Å². The van der Waals surface area contributed by atoms with Crippen LogP contribution in [0.4, 0.5) is 0 Å². The first-order chi connectivity index (χ1) is 10.6. The molecular weight excluding hydrogens is 284 g/mol. The number of aromatic nitrogens is 3. The van der Waals surface area contributed by atoms with Gasteiger partial charge in [0.15, 0.2) is 5.82 Å². The lowest BCUT2D eigenvalue weighted by Crippen LogP contribution is -2.27. The molecule has 7 heteroatoms. The van der Waals surface area contributed by atoms with Gasteiger partial charge in [0, 0.05) is 11.1 Å². The molecule has 0 aliphatic rings. The lowest BCUT2D eigenvalue weighted by Gasteiger charge is -2.11. The van der Waals surface area contributed by atoms with Gasteiger partial charge in [-0.2, -0.15) is 5.10 Å². The maximum atomic E-state index is 12.2. The van der Waals surface area contributed by atoms with Gasteiger partial charge in [-0.05, 0) is 31.2 Å². The van der Waals surface area contributed by atoms with Crippen LogP contribution in [0.15, 0.2) is 51.9 Å². The van der Waals surface area contributed by atoms with Gasteiger partial charge in [0.2, 0.25) is 0 Å². The number of H-pyrrole nitrogens is 2. The van der Waals surface area contributed by atoms with Crippen LogP contribution < -0.4 is 11.0 Å². The highest BCUT2D eigenvalue weighted by Gasteiger charge is 2.14. The Morgan fingerprint density at radius 1 is 1.27 bits per heavy atom. The van der Waals surface area contributed by atoms with E-state index in [-0.39, 0.29) is 5.91 Å². The molecule has 0 radical (unpaired) electrons. The summed E-state index contributed by atoms with van der Waals surface area (Å²) in [6, 6.07) is 10.3. The summed E-state index contributed by atoms with van der Waals surface area (Å²) in [5.74, 6) is 0.877. The van der Waals surface area contributed by atoms with E-state index in [1.165, 1.54) is 0 Å². The van der Waals surface area contributed by atoms with Crippen LogP contribution in [0.5, 0.6) is 0 Å². The highest BCUT2D eigenvalue weighted by molar-refractivity contribution is 5.94. The fraction of sp³-hybridized carbons (Fsp3) is 0.133. The molecule has 1 amide bonds. The lowest BCUT2D eigenvalue weighted by atomic mass is 10.1. The highest BCUT2D eigenvalue weighted by Crippen LogP contribution is 2.20. The first kappa shape index (κ1) is 13.9. The number of aromatic amines is 2. The normalized spacial score (nSPS) is 12.0. The summed E-state index contributed by atoms with van der Waals surface area (Å²) in [5, 5.41) is 8.82. The van der Waals surface area contributed by atoms with E-state index in [9.17, 15) is 9.59 Å². The topological polar surface area (TPSA) is 104 Å². The molecule has 1 atom stereocenters. The predicted molar refractivity (Wildman–Crippen MR) is 79.2 cm³/mol. The van der Waals surface area contributed by atoms with Gasteiger partial charge in [-0.3, -0.25) is 9.78 Å². The Hall–Kier alpha value is -3.09. The number of furan rings is 1. The van der Waals surface area contributed by atoms with Crippen LogP contribution in [0, 0.1) is 0 Å². The number of amides is 1. The van der Waals surface area contributed by atoms with Crippen LogP contribution in [0.2, 0.25) is 0 Å². The van der Waals surface area contributed by atoms with Gasteiger partial charge in [-0.1, -0.05) is 12.1 Å². The number of nitrogens with one attached hydrogen (secondary N) is 3. The third kappa shape index (κ3) is 2.83. The Morgan fingerprint density at radius 2 is 2.05 bits per heavy atom. The van der Waals surface area contributed by atoms with Gasteiger partial charge in [0.1, 0.15) is 5.76 Å². The molecular formula is C15H14N4O3. The summed E-state index contributed by atoms with van der Waals surface area (Å²) in [4.78, 5) is 25.7. The zero-order valence-electron chi connectivity index (χ0n) is 11.8. The number of carbonyl (C=O) groups excluding carboxylic acids is 1. The molecule has 0 saturated heterocycles. The van der Waals surface area contributed by atoms with Crippen molar-refractivity contribution in [3.63, 3.8) is 0 Å². The van der Waals surface area contributed by atoms with Crippen molar-refractivity contribution < 1.29 is 9.21 Å². The Balaban J connectivity index is 1.71. The minimum absolute atomic E-state index is 0.248. The molecule has 3 rings (SSSR count). The van der Waals surface area contributed by atoms with Crippen LogP contribution in [-0.2, 0) is 0 Å². The smallest absolute Gasteiger partial charge is 0.340 e. The molecule has 3 N–H and O–H groups in total. The maximum Gasteiger partial charge on any atom is 0.340 e. The second-order valence-corrected chi connectivity index (χ2v) is 4.81. The molecule has 0 unspecified atom stereocenters. The number of hydrogen-bond acceptors (Lipinski definition) is 4. The third-order valence-electron chi connectivity index (χ3n) is 3.23. The number of carbonyl (C=O) groups is 1. The molecule has 1 aromatic carbocycles. The Bertz CT molecular complexity index is 815. The van der Waals surface area contributed by atoms with Crippen molar-refractivity contribution in [1.82, 2.24) is 20.5 Å². The SMILES string of the molecule is C[C@H](NC(=O)c1ccc(-c2ccco2)cc1)c1n[nH]c(=O)[nH]1. The zero-order chi connectivity index (χ0) is 15.5. The second-order valence-electron chi connectivity index (χ2n) is 4.81. The lowest BCUT2D eigenvalue weighted by molar-refractivity contribution is 0.0938. The quantitative estimate of drug-likeness (QED) is 0.683. The fourth-order valence-electron chi connectivity index (χ4n) is 2.07. The van der Waals surface area contributed by atoms with E-state index in [1.54, 1.807) is 25.3 Å². The first-order valence-corrected chi connectivity index (χ1v) is 6.73. The molecule has 3 aromatic rings. The van der Waals surface area contributed by atoms with Gasteiger partial charge in [-0.25, -0.2) is 9.89 Å². The molecule has 22 heavy (non-hydrogen) atoms. The minimum Gasteiger partial charge on any atom is -0.464 e. The van der Waals surface area contributed by atoms with Gasteiger partial charge in [0.25, 0.3) is 5.91 Å². The van der Waals surface area contributed by atoms with Crippen molar-refractivity contribution in [1.29, 1.82) is 0 Å². The number of nitrogens with zero attached hydrogens (tertiary/aromatic N) is 1. The monoisotopic (exact) mass is 298 g/mol. The van der Waals surface area contributed by atoms with E-state index in [1.807, 2.05) is 24.3 Å². The molecule has 112 valence electrons. The third-order valence-corrected chi connectivity index (χ3v) is 3.23. The van der Waals surface area contributed by atoms with Crippen LogP contribution in [0.1, 0.15) is 29.1 Å². The largest absolute Gasteiger partial charge is 0.464 e. The van der Waals surface area contributed by atoms with Gasteiger partial charge in [-0.15, -0.1) is 0 Å². The molecule has 2 aromatic heterocycles. The van der Waals surface area contributed by atoms with Crippen molar-refractivity contribution in [2.45, 2.75) is 13.0 Å². The first-order valence-electron chi connectivity index (χ1n) is 6.73. The van der Waals surface area contributed by atoms with Crippen LogP contribution in [-0.4, -0.2) is 21.1 Å². The summed E-state index contributed by atoms with van der Waals surface area (Å²) in [7, 11) is 0. The van der Waals surface area contributed by atoms with Crippen molar-refractivity contribution >= 4 is 5.91 Å². The van der Waals surface area contributed by atoms with Crippen molar-refractivity contribution in [2.24, 2.45) is 0 Å². The van der Waals surface area contributed by atoms with Crippen molar-refractivity contribution in [3.05, 3.63) is 64.5 Å². The Kier molecular flexibility index (Phi) is 3.61. The summed E-state index contributed by atoms with van der Waals surface area (Å²) in [6.45, 7) is 1.74. The second kappa shape index (κ2) is 5.72. The van der Waals surface area contributed by atoms with Crippen LogP contribution in [0.3, 0.4) is 0 Å². The van der Waals surface area contributed by atoms with E-state index in [4.69, 9.17) is 4.42 Å². The molecule has 0 fully saturated rings. The summed E-state index contributed by atoms with van der Waals surface area (Å²) >= 11 is 0. The molecule has 2 heterocycles. The molecule has 0 bridgehead atoms. The molecule has 0 aliphatic heterocycles. The predicted octanol–water partition coefficient (Wildman–Crippen LogP) is 1.85. The standard InChI is InChI=1S/C15H14N4O3/c1-9(13-17-15(21)19-18-13)16-14(20)11-6-4-10(5-7-11)12-3-2-8-22-12/h2-9H,1H3,(H,16,20)(H2,17,18,19,21)/t9-/m0/s1. The molecule has 7 nitrogen and oxygen atoms in total. The fourth-order valence-corrected chi connectivity index (χ4v) is 2.07. The average Bonchev–Trinajstić information content (AvgIpc) is 3.18. The van der Waals surface area contributed by atoms with Gasteiger partial charge in [0.05, 0.1) is 12.3 Å². The number of hydrogen-bond donors (Lipinski definition) is 3. The highest BCUT2D eigenvalue weighted by atomic mass is 16.3. The zero-order valence-corrected chi connectivity index (χ0v) is 11.8. The summed E-state index contributed by atoms with van der Waals surface area (Å²) in [6.07, 6.45) is 1.60. The van der Waals surface area contributed by atoms with Crippen molar-refractivity contribution in [3.8, 4) is 11.3 Å². The Morgan fingerprint density at radius 3 is 2.64 bits per heavy atom. The van der Waals surface area contributed by atoms with E-state index in [2.05, 4.69) is 20.5 Å². The van der Waals surface area contributed by atoms with E-state index < -0.39 is 11.7 Å². The van der Waals surface area contributed by atoms with Crippen LogP contribution >= 0.6 is 0 Å². The van der Waals surface area contributed by atoms with E-state index in [0.29, 0.717) is 11.4 Å². The maximum absolute atomic E-state index is 12.2. The van der Waals surface area contributed by atoms with E-state index >= 15 is 0 Å². The number of rotatable bonds is 4. The molecule has 0 aliphatic carbocycles. The minimum atomic E-state index is -0.406.